The molecule has 6 nitrogen and oxygen atoms in total. The van der Waals surface area contributed by atoms with Crippen molar-refractivity contribution in [3.8, 4) is 5.88 Å². The fraction of sp³-hybridized carbons (Fsp3) is 0.238. The molecule has 0 amide bonds. The van der Waals surface area contributed by atoms with Crippen molar-refractivity contribution in [1.82, 2.24) is 9.97 Å². The number of ether oxygens (including phenoxy) is 1. The lowest BCUT2D eigenvalue weighted by Crippen LogP contribution is -2.16. The first-order valence-corrected chi connectivity index (χ1v) is 11.3. The minimum atomic E-state index is -3.84. The topological polar surface area (TPSA) is 81.2 Å². The summed E-state index contributed by atoms with van der Waals surface area (Å²) in [4.78, 5) is 8.49. The molecule has 0 radical (unpaired) electrons. The molecule has 0 saturated heterocycles. The first-order valence-electron chi connectivity index (χ1n) is 8.98. The first kappa shape index (κ1) is 21.3. The van der Waals surface area contributed by atoms with Gasteiger partial charge in [-0.2, -0.15) is 0 Å². The lowest BCUT2D eigenvalue weighted by atomic mass is 9.87. The number of hydrogen-bond donors (Lipinski definition) is 1. The van der Waals surface area contributed by atoms with E-state index in [4.69, 9.17) is 4.74 Å². The van der Waals surface area contributed by atoms with Crippen LogP contribution in [0.25, 0.3) is 0 Å². The van der Waals surface area contributed by atoms with Gasteiger partial charge in [0.2, 0.25) is 5.82 Å². The van der Waals surface area contributed by atoms with Crippen molar-refractivity contribution in [1.29, 1.82) is 0 Å². The Morgan fingerprint density at radius 1 is 1.03 bits per heavy atom. The zero-order valence-electron chi connectivity index (χ0n) is 16.4. The molecule has 0 spiro atoms. The third kappa shape index (κ3) is 5.55. The molecule has 3 aromatic rings. The number of rotatable bonds is 6. The van der Waals surface area contributed by atoms with E-state index in [1.807, 2.05) is 42.5 Å². The van der Waals surface area contributed by atoms with Crippen LogP contribution in [0, 0.1) is 0 Å². The number of hydrogen-bond acceptors (Lipinski definition) is 5. The largest absolute Gasteiger partial charge is 0.470 e. The lowest BCUT2D eigenvalue weighted by Gasteiger charge is -2.19. The predicted octanol–water partition coefficient (Wildman–Crippen LogP) is 4.92. The Morgan fingerprint density at radius 3 is 2.31 bits per heavy atom. The molecule has 3 rings (SSSR count). The second kappa shape index (κ2) is 8.51. The summed E-state index contributed by atoms with van der Waals surface area (Å²) in [6, 6.07) is 16.3. The Balaban J connectivity index is 1.83. The van der Waals surface area contributed by atoms with Crippen LogP contribution in [0.4, 0.5) is 5.82 Å². The molecule has 0 unspecified atom stereocenters. The Bertz CT molecular complexity index is 1080. The summed E-state index contributed by atoms with van der Waals surface area (Å²) < 4.78 is 34.3. The van der Waals surface area contributed by atoms with Crippen molar-refractivity contribution >= 4 is 31.8 Å². The average molecular weight is 476 g/mol. The predicted molar refractivity (Wildman–Crippen MR) is 116 cm³/mol. The van der Waals surface area contributed by atoms with Gasteiger partial charge in [0, 0.05) is 0 Å². The molecule has 1 heterocycles. The van der Waals surface area contributed by atoms with Crippen LogP contribution in [0.1, 0.15) is 31.9 Å². The maximum atomic E-state index is 12.8. The van der Waals surface area contributed by atoms with Gasteiger partial charge in [0.1, 0.15) is 11.2 Å². The monoisotopic (exact) mass is 475 g/mol. The van der Waals surface area contributed by atoms with Crippen LogP contribution < -0.4 is 9.46 Å². The van der Waals surface area contributed by atoms with Crippen LogP contribution in [-0.2, 0) is 22.0 Å². The van der Waals surface area contributed by atoms with Gasteiger partial charge in [-0.15, -0.1) is 0 Å². The summed E-state index contributed by atoms with van der Waals surface area (Å²) >= 11 is 3.24. The van der Waals surface area contributed by atoms with Crippen molar-refractivity contribution in [2.24, 2.45) is 0 Å². The first-order chi connectivity index (χ1) is 13.6. The highest BCUT2D eigenvalue weighted by molar-refractivity contribution is 9.10. The highest BCUT2D eigenvalue weighted by Crippen LogP contribution is 2.27. The third-order valence-electron chi connectivity index (χ3n) is 4.19. The molecule has 152 valence electrons. The molecule has 1 N–H and O–H groups in total. The van der Waals surface area contributed by atoms with E-state index in [-0.39, 0.29) is 28.6 Å². The number of sulfonamides is 1. The minimum Gasteiger partial charge on any atom is -0.470 e. The fourth-order valence-electron chi connectivity index (χ4n) is 2.57. The molecule has 1 aromatic heterocycles. The van der Waals surface area contributed by atoms with Crippen molar-refractivity contribution in [3.05, 3.63) is 76.5 Å². The maximum Gasteiger partial charge on any atom is 0.263 e. The molecule has 0 aliphatic heterocycles. The van der Waals surface area contributed by atoms with E-state index >= 15 is 0 Å². The summed E-state index contributed by atoms with van der Waals surface area (Å²) in [5, 5.41) is 0. The zero-order valence-corrected chi connectivity index (χ0v) is 18.8. The molecule has 0 aliphatic rings. The number of halogens is 1. The molecule has 0 aliphatic carbocycles. The molecule has 8 heteroatoms. The standard InChI is InChI=1S/C21H22BrN3O3S/c1-21(2,3)16-9-11-17(12-10-16)29(26,27)25-19-20(24-18(22)13-23-19)28-14-15-7-5-4-6-8-15/h4-13H,14H2,1-3H3,(H,23,25). The number of nitrogens with one attached hydrogen (secondary N) is 1. The molecule has 0 bridgehead atoms. The second-order valence-corrected chi connectivity index (χ2v) is 10.00. The summed E-state index contributed by atoms with van der Waals surface area (Å²) in [7, 11) is -3.84. The van der Waals surface area contributed by atoms with Gasteiger partial charge in [-0.25, -0.2) is 18.4 Å². The second-order valence-electron chi connectivity index (χ2n) is 7.50. The molecular formula is C21H22BrN3O3S. The molecule has 29 heavy (non-hydrogen) atoms. The normalized spacial score (nSPS) is 11.9. The lowest BCUT2D eigenvalue weighted by molar-refractivity contribution is 0.294. The van der Waals surface area contributed by atoms with E-state index in [9.17, 15) is 8.42 Å². The van der Waals surface area contributed by atoms with Crippen LogP contribution in [-0.4, -0.2) is 18.4 Å². The van der Waals surface area contributed by atoms with Gasteiger partial charge in [0.15, 0.2) is 0 Å². The Hall–Kier alpha value is -2.45. The quantitative estimate of drug-likeness (QED) is 0.547. The van der Waals surface area contributed by atoms with Gasteiger partial charge in [0.05, 0.1) is 11.1 Å². The maximum absolute atomic E-state index is 12.8. The molecule has 0 saturated carbocycles. The summed E-state index contributed by atoms with van der Waals surface area (Å²) in [5.74, 6) is 0.127. The van der Waals surface area contributed by atoms with Crippen molar-refractivity contribution < 1.29 is 13.2 Å². The Morgan fingerprint density at radius 2 is 1.69 bits per heavy atom. The van der Waals surface area contributed by atoms with E-state index in [1.165, 1.54) is 6.20 Å². The fourth-order valence-corrected chi connectivity index (χ4v) is 3.84. The third-order valence-corrected chi connectivity index (χ3v) is 5.93. The summed E-state index contributed by atoms with van der Waals surface area (Å²) in [6.45, 7) is 6.45. The number of aromatic nitrogens is 2. The molecule has 2 aromatic carbocycles. The molecule has 0 fully saturated rings. The van der Waals surface area contributed by atoms with Crippen LogP contribution in [0.15, 0.2) is 70.3 Å². The van der Waals surface area contributed by atoms with Crippen LogP contribution in [0.3, 0.4) is 0 Å². The van der Waals surface area contributed by atoms with Crippen molar-refractivity contribution in [2.75, 3.05) is 4.72 Å². The highest BCUT2D eigenvalue weighted by Gasteiger charge is 2.20. The Labute approximate surface area is 179 Å². The van der Waals surface area contributed by atoms with Crippen molar-refractivity contribution in [3.63, 3.8) is 0 Å². The van der Waals surface area contributed by atoms with E-state index in [2.05, 4.69) is 51.4 Å². The van der Waals surface area contributed by atoms with E-state index in [0.29, 0.717) is 4.60 Å². The van der Waals surface area contributed by atoms with Crippen LogP contribution in [0.2, 0.25) is 0 Å². The molecular weight excluding hydrogens is 454 g/mol. The van der Waals surface area contributed by atoms with Gasteiger partial charge in [0.25, 0.3) is 15.9 Å². The van der Waals surface area contributed by atoms with Gasteiger partial charge in [-0.1, -0.05) is 63.2 Å². The van der Waals surface area contributed by atoms with Gasteiger partial charge >= 0.3 is 0 Å². The average Bonchev–Trinajstić information content (AvgIpc) is 2.68. The zero-order chi connectivity index (χ0) is 21.1. The van der Waals surface area contributed by atoms with Crippen molar-refractivity contribution in [2.45, 2.75) is 37.7 Å². The van der Waals surface area contributed by atoms with Gasteiger partial charge < -0.3 is 4.74 Å². The van der Waals surface area contributed by atoms with Crippen LogP contribution in [0.5, 0.6) is 5.88 Å². The van der Waals surface area contributed by atoms with Gasteiger partial charge in [-0.05, 0) is 44.6 Å². The van der Waals surface area contributed by atoms with Crippen LogP contribution >= 0.6 is 15.9 Å². The van der Waals surface area contributed by atoms with E-state index in [1.54, 1.807) is 12.1 Å². The number of nitrogens with zero attached hydrogens (tertiary/aromatic N) is 2. The summed E-state index contributed by atoms with van der Waals surface area (Å²) in [5.41, 5.74) is 1.92. The minimum absolute atomic E-state index is 0.0315. The SMILES string of the molecule is CC(C)(C)c1ccc(S(=O)(=O)Nc2ncc(Br)nc2OCc2ccccc2)cc1. The molecule has 0 atom stereocenters. The van der Waals surface area contributed by atoms with Gasteiger partial charge in [-0.3, -0.25) is 4.72 Å². The highest BCUT2D eigenvalue weighted by atomic mass is 79.9. The van der Waals surface area contributed by atoms with E-state index in [0.717, 1.165) is 11.1 Å². The smallest absolute Gasteiger partial charge is 0.263 e. The number of benzene rings is 2. The Kier molecular flexibility index (Phi) is 6.24. The number of anilines is 1. The summed E-state index contributed by atoms with van der Waals surface area (Å²) in [6.07, 6.45) is 1.41. The van der Waals surface area contributed by atoms with E-state index < -0.39 is 10.0 Å².